The average molecular weight is 486 g/mol. The van der Waals surface area contributed by atoms with Crippen LogP contribution in [0.4, 0.5) is 0 Å². The van der Waals surface area contributed by atoms with Crippen LogP contribution in [-0.4, -0.2) is 58.9 Å². The van der Waals surface area contributed by atoms with Gasteiger partial charge < -0.3 is 25.6 Å². The molecule has 1 aliphatic heterocycles. The Morgan fingerprint density at radius 2 is 1.83 bits per heavy atom. The zero-order valence-corrected chi connectivity index (χ0v) is 19.7. The minimum atomic E-state index is -0.370. The summed E-state index contributed by atoms with van der Waals surface area (Å²) < 4.78 is 0. The number of phenolic OH excluding ortho intramolecular Hbond substituents is 1. The summed E-state index contributed by atoms with van der Waals surface area (Å²) >= 11 is 0. The van der Waals surface area contributed by atoms with Crippen LogP contribution in [0.5, 0.6) is 5.75 Å². The van der Waals surface area contributed by atoms with Crippen LogP contribution in [0, 0.1) is 11.3 Å². The molecule has 9 heteroatoms. The molecular formula is C27H27N5O4. The van der Waals surface area contributed by atoms with Gasteiger partial charge in [0.25, 0.3) is 11.8 Å². The zero-order chi connectivity index (χ0) is 25.5. The van der Waals surface area contributed by atoms with Crippen molar-refractivity contribution in [3.63, 3.8) is 0 Å². The van der Waals surface area contributed by atoms with E-state index in [1.807, 2.05) is 18.2 Å². The highest BCUT2D eigenvalue weighted by molar-refractivity contribution is 5.96. The molecule has 0 aliphatic carbocycles. The molecule has 2 aromatic carbocycles. The van der Waals surface area contributed by atoms with Gasteiger partial charge in [0.15, 0.2) is 0 Å². The summed E-state index contributed by atoms with van der Waals surface area (Å²) in [6, 6.07) is 15.7. The van der Waals surface area contributed by atoms with Gasteiger partial charge in [0, 0.05) is 37.0 Å². The fourth-order valence-corrected chi connectivity index (χ4v) is 4.11. The SMILES string of the molecule is N#Cc1c[nH]c(C(=O)N2CCCCNC(=O)c3cccc(c3)-c3cc(ccc3O)CCNC(=O)C2)c1. The van der Waals surface area contributed by atoms with Crippen molar-refractivity contribution in [1.82, 2.24) is 20.5 Å². The maximum Gasteiger partial charge on any atom is 0.270 e. The molecule has 0 saturated carbocycles. The Hall–Kier alpha value is -4.58. The van der Waals surface area contributed by atoms with Gasteiger partial charge in [-0.15, -0.1) is 0 Å². The number of benzene rings is 2. The number of carbonyl (C=O) groups is 3. The number of aromatic hydroxyl groups is 1. The second kappa shape index (κ2) is 11.2. The molecule has 4 bridgehead atoms. The Morgan fingerprint density at radius 3 is 2.64 bits per heavy atom. The number of nitrogens with one attached hydrogen (secondary N) is 3. The monoisotopic (exact) mass is 485 g/mol. The Balaban J connectivity index is 1.55. The summed E-state index contributed by atoms with van der Waals surface area (Å²) in [5.41, 5.74) is 3.31. The topological polar surface area (TPSA) is 138 Å². The van der Waals surface area contributed by atoms with Crippen LogP contribution in [-0.2, 0) is 11.2 Å². The van der Waals surface area contributed by atoms with Crippen LogP contribution in [0.3, 0.4) is 0 Å². The molecule has 3 aromatic rings. The van der Waals surface area contributed by atoms with Gasteiger partial charge >= 0.3 is 0 Å². The highest BCUT2D eigenvalue weighted by atomic mass is 16.3. The molecule has 1 aromatic heterocycles. The Labute approximate surface area is 208 Å². The molecule has 0 saturated heterocycles. The van der Waals surface area contributed by atoms with Crippen molar-refractivity contribution >= 4 is 17.7 Å². The van der Waals surface area contributed by atoms with Crippen LogP contribution < -0.4 is 10.6 Å². The number of hydrogen-bond donors (Lipinski definition) is 4. The average Bonchev–Trinajstić information content (AvgIpc) is 3.37. The zero-order valence-electron chi connectivity index (χ0n) is 19.7. The number of carbonyl (C=O) groups excluding carboxylic acids is 3. The normalized spacial score (nSPS) is 15.1. The van der Waals surface area contributed by atoms with Crippen LogP contribution in [0.2, 0.25) is 0 Å². The number of aromatic amines is 1. The number of hydrogen-bond acceptors (Lipinski definition) is 5. The van der Waals surface area contributed by atoms with Crippen LogP contribution in [0.25, 0.3) is 11.1 Å². The highest BCUT2D eigenvalue weighted by Gasteiger charge is 2.20. The van der Waals surface area contributed by atoms with E-state index in [2.05, 4.69) is 15.6 Å². The van der Waals surface area contributed by atoms with Gasteiger partial charge in [-0.2, -0.15) is 5.26 Å². The summed E-state index contributed by atoms with van der Waals surface area (Å²) in [6.45, 7) is 0.949. The van der Waals surface area contributed by atoms with E-state index in [9.17, 15) is 19.5 Å². The predicted octanol–water partition coefficient (Wildman–Crippen LogP) is 2.58. The van der Waals surface area contributed by atoms with Crippen molar-refractivity contribution < 1.29 is 19.5 Å². The third kappa shape index (κ3) is 5.91. The molecule has 0 unspecified atom stereocenters. The summed E-state index contributed by atoms with van der Waals surface area (Å²) in [5.74, 6) is -0.786. The Kier molecular flexibility index (Phi) is 7.66. The second-order valence-corrected chi connectivity index (χ2v) is 8.64. The van der Waals surface area contributed by atoms with Crippen molar-refractivity contribution in [2.75, 3.05) is 26.2 Å². The van der Waals surface area contributed by atoms with Gasteiger partial charge in [0.05, 0.1) is 12.1 Å². The smallest absolute Gasteiger partial charge is 0.270 e. The summed E-state index contributed by atoms with van der Waals surface area (Å²) in [7, 11) is 0. The molecule has 3 amide bonds. The molecule has 36 heavy (non-hydrogen) atoms. The summed E-state index contributed by atoms with van der Waals surface area (Å²) in [4.78, 5) is 42.6. The van der Waals surface area contributed by atoms with Crippen LogP contribution >= 0.6 is 0 Å². The Bertz CT molecular complexity index is 1320. The lowest BCUT2D eigenvalue weighted by Crippen LogP contribution is -2.42. The lowest BCUT2D eigenvalue weighted by Gasteiger charge is -2.22. The number of fused-ring (bicyclic) bond motifs is 5. The van der Waals surface area contributed by atoms with Crippen molar-refractivity contribution in [1.29, 1.82) is 5.26 Å². The maximum absolute atomic E-state index is 13.0. The molecule has 0 radical (unpaired) electrons. The number of phenols is 1. The van der Waals surface area contributed by atoms with E-state index in [0.29, 0.717) is 55.6 Å². The highest BCUT2D eigenvalue weighted by Crippen LogP contribution is 2.30. The van der Waals surface area contributed by atoms with E-state index >= 15 is 0 Å². The standard InChI is InChI=1S/C27H27N5O4/c28-15-19-13-23(31-16-19)27(36)32-11-2-1-9-30-26(35)21-5-3-4-20(14-21)22-12-18(6-7-24(22)33)8-10-29-25(34)17-32/h3-7,12-14,16,31,33H,1-2,8-11,17H2,(H,29,34)(H,30,35). The van der Waals surface area contributed by atoms with E-state index in [-0.39, 0.29) is 35.7 Å². The van der Waals surface area contributed by atoms with E-state index in [1.165, 1.54) is 17.2 Å². The molecule has 0 fully saturated rings. The van der Waals surface area contributed by atoms with E-state index in [4.69, 9.17) is 5.26 Å². The first-order chi connectivity index (χ1) is 17.4. The summed E-state index contributed by atoms with van der Waals surface area (Å²) in [5, 5.41) is 25.2. The number of aromatic nitrogens is 1. The number of H-pyrrole nitrogens is 1. The van der Waals surface area contributed by atoms with Gasteiger partial charge in [-0.25, -0.2) is 0 Å². The van der Waals surface area contributed by atoms with Crippen molar-refractivity contribution in [3.8, 4) is 22.9 Å². The fourth-order valence-electron chi connectivity index (χ4n) is 4.11. The van der Waals surface area contributed by atoms with E-state index < -0.39 is 0 Å². The van der Waals surface area contributed by atoms with Crippen molar-refractivity contribution in [2.24, 2.45) is 0 Å². The van der Waals surface area contributed by atoms with Gasteiger partial charge in [-0.05, 0) is 60.7 Å². The van der Waals surface area contributed by atoms with Gasteiger partial charge in [0.2, 0.25) is 5.91 Å². The number of rotatable bonds is 1. The number of nitriles is 1. The van der Waals surface area contributed by atoms with E-state index in [0.717, 1.165) is 11.1 Å². The van der Waals surface area contributed by atoms with Gasteiger partial charge in [0.1, 0.15) is 17.5 Å². The van der Waals surface area contributed by atoms with Crippen LogP contribution in [0.15, 0.2) is 54.7 Å². The minimum absolute atomic E-state index is 0.104. The maximum atomic E-state index is 13.0. The lowest BCUT2D eigenvalue weighted by atomic mass is 9.98. The third-order valence-electron chi connectivity index (χ3n) is 6.04. The fraction of sp³-hybridized carbons (Fsp3) is 0.259. The van der Waals surface area contributed by atoms with Crippen LogP contribution in [0.1, 0.15) is 44.8 Å². The predicted molar refractivity (Wildman–Crippen MR) is 133 cm³/mol. The molecular weight excluding hydrogens is 458 g/mol. The Morgan fingerprint density at radius 1 is 1.00 bits per heavy atom. The lowest BCUT2D eigenvalue weighted by molar-refractivity contribution is -0.121. The first-order valence-electron chi connectivity index (χ1n) is 11.8. The molecule has 0 spiro atoms. The quantitative estimate of drug-likeness (QED) is 0.420. The molecule has 4 N–H and O–H groups in total. The third-order valence-corrected chi connectivity index (χ3v) is 6.04. The molecule has 184 valence electrons. The van der Waals surface area contributed by atoms with Crippen molar-refractivity contribution in [3.05, 3.63) is 77.1 Å². The molecule has 2 heterocycles. The first-order valence-corrected chi connectivity index (χ1v) is 11.8. The first kappa shape index (κ1) is 24.5. The largest absolute Gasteiger partial charge is 0.507 e. The summed E-state index contributed by atoms with van der Waals surface area (Å²) in [6.07, 6.45) is 3.15. The van der Waals surface area contributed by atoms with Gasteiger partial charge in [-0.1, -0.05) is 18.2 Å². The molecule has 4 rings (SSSR count). The van der Waals surface area contributed by atoms with E-state index in [1.54, 1.807) is 30.3 Å². The molecule has 0 atom stereocenters. The number of nitrogens with zero attached hydrogens (tertiary/aromatic N) is 2. The molecule has 1 aliphatic rings. The minimum Gasteiger partial charge on any atom is -0.507 e. The number of amides is 3. The van der Waals surface area contributed by atoms with Crippen molar-refractivity contribution in [2.45, 2.75) is 19.3 Å². The second-order valence-electron chi connectivity index (χ2n) is 8.64. The molecule has 9 nitrogen and oxygen atoms in total. The van der Waals surface area contributed by atoms with Gasteiger partial charge in [-0.3, -0.25) is 14.4 Å².